The molecule has 1 N–H and O–H groups in total. The van der Waals surface area contributed by atoms with E-state index in [1.807, 2.05) is 0 Å². The van der Waals surface area contributed by atoms with Crippen molar-refractivity contribution in [2.75, 3.05) is 6.61 Å². The van der Waals surface area contributed by atoms with Crippen LogP contribution in [0, 0.1) is 5.92 Å². The molecule has 0 saturated carbocycles. The summed E-state index contributed by atoms with van der Waals surface area (Å²) in [5.74, 6) is 0.681. The van der Waals surface area contributed by atoms with Gasteiger partial charge in [-0.2, -0.15) is 0 Å². The first-order chi connectivity index (χ1) is 11.1. The molecule has 0 heterocycles. The largest absolute Gasteiger partial charge is 0.508 e. The molecule has 0 radical (unpaired) electrons. The first-order valence-corrected chi connectivity index (χ1v) is 9.05. The average Bonchev–Trinajstić information content (AvgIpc) is 2.52. The van der Waals surface area contributed by atoms with Crippen LogP contribution in [0.3, 0.4) is 0 Å². The molecule has 0 amide bonds. The Bertz CT molecular complexity index is 423. The fourth-order valence-electron chi connectivity index (χ4n) is 2.56. The Hall–Kier alpha value is -1.51. The van der Waals surface area contributed by atoms with Crippen molar-refractivity contribution >= 4 is 5.97 Å². The van der Waals surface area contributed by atoms with Crippen LogP contribution in [0.4, 0.5) is 0 Å². The van der Waals surface area contributed by atoms with Crippen molar-refractivity contribution in [2.24, 2.45) is 5.92 Å². The second-order valence-electron chi connectivity index (χ2n) is 6.69. The van der Waals surface area contributed by atoms with E-state index in [2.05, 4.69) is 13.8 Å². The number of hydrogen-bond acceptors (Lipinski definition) is 3. The summed E-state index contributed by atoms with van der Waals surface area (Å²) in [5, 5.41) is 9.18. The lowest BCUT2D eigenvalue weighted by atomic mass is 10.0. The highest BCUT2D eigenvalue weighted by Gasteiger charge is 2.06. The van der Waals surface area contributed by atoms with Crippen molar-refractivity contribution in [1.82, 2.24) is 0 Å². The fraction of sp³-hybridized carbons (Fsp3) is 0.650. The minimum Gasteiger partial charge on any atom is -0.508 e. The molecule has 0 unspecified atom stereocenters. The van der Waals surface area contributed by atoms with Gasteiger partial charge in [0.25, 0.3) is 0 Å². The molecule has 3 nitrogen and oxygen atoms in total. The SMILES string of the molecule is CC(C)CCCCCCCCCCOC(=O)c1ccc(O)cc1. The molecule has 0 bridgehead atoms. The predicted molar refractivity (Wildman–Crippen MR) is 94.8 cm³/mol. The summed E-state index contributed by atoms with van der Waals surface area (Å²) in [6.45, 7) is 5.05. The minimum atomic E-state index is -0.310. The zero-order valence-electron chi connectivity index (χ0n) is 14.7. The Morgan fingerprint density at radius 1 is 0.913 bits per heavy atom. The number of esters is 1. The molecule has 130 valence electrons. The minimum absolute atomic E-state index is 0.158. The lowest BCUT2D eigenvalue weighted by Gasteiger charge is -2.06. The summed E-state index contributed by atoms with van der Waals surface area (Å²) in [6, 6.07) is 6.16. The van der Waals surface area contributed by atoms with Crippen LogP contribution >= 0.6 is 0 Å². The van der Waals surface area contributed by atoms with Crippen molar-refractivity contribution in [2.45, 2.75) is 71.6 Å². The lowest BCUT2D eigenvalue weighted by Crippen LogP contribution is -2.06. The van der Waals surface area contributed by atoms with Crippen molar-refractivity contribution in [3.8, 4) is 5.75 Å². The van der Waals surface area contributed by atoms with Crippen LogP contribution in [0.15, 0.2) is 24.3 Å². The number of unbranched alkanes of at least 4 members (excludes halogenated alkanes) is 7. The molecule has 1 aromatic carbocycles. The van der Waals surface area contributed by atoms with Crippen molar-refractivity contribution in [3.63, 3.8) is 0 Å². The average molecular weight is 320 g/mol. The molecule has 0 spiro atoms. The number of carbonyl (C=O) groups is 1. The number of phenols is 1. The van der Waals surface area contributed by atoms with E-state index in [9.17, 15) is 9.90 Å². The van der Waals surface area contributed by atoms with E-state index in [4.69, 9.17) is 4.74 Å². The number of rotatable bonds is 12. The van der Waals surface area contributed by atoms with Crippen LogP contribution in [0.5, 0.6) is 5.75 Å². The van der Waals surface area contributed by atoms with Gasteiger partial charge in [0.2, 0.25) is 0 Å². The van der Waals surface area contributed by atoms with Crippen molar-refractivity contribution in [3.05, 3.63) is 29.8 Å². The standard InChI is InChI=1S/C20H32O3/c1-17(2)11-9-7-5-3-4-6-8-10-16-23-20(22)18-12-14-19(21)15-13-18/h12-15,17,21H,3-11,16H2,1-2H3. The number of hydrogen-bond donors (Lipinski definition) is 1. The van der Waals surface area contributed by atoms with E-state index in [1.165, 1.54) is 57.1 Å². The van der Waals surface area contributed by atoms with E-state index in [0.29, 0.717) is 12.2 Å². The van der Waals surface area contributed by atoms with E-state index in [-0.39, 0.29) is 11.7 Å². The van der Waals surface area contributed by atoms with Crippen LogP contribution in [0.1, 0.15) is 82.0 Å². The zero-order chi connectivity index (χ0) is 16.9. The van der Waals surface area contributed by atoms with Crippen LogP contribution in [-0.4, -0.2) is 17.7 Å². The predicted octanol–water partition coefficient (Wildman–Crippen LogP) is 5.72. The Balaban J connectivity index is 1.91. The molecule has 0 aromatic heterocycles. The van der Waals surface area contributed by atoms with Gasteiger partial charge in [-0.05, 0) is 36.6 Å². The van der Waals surface area contributed by atoms with Gasteiger partial charge in [-0.15, -0.1) is 0 Å². The van der Waals surface area contributed by atoms with Crippen LogP contribution in [0.25, 0.3) is 0 Å². The van der Waals surface area contributed by atoms with Gasteiger partial charge in [0.05, 0.1) is 12.2 Å². The lowest BCUT2D eigenvalue weighted by molar-refractivity contribution is 0.0497. The third-order valence-corrected chi connectivity index (χ3v) is 4.01. The monoisotopic (exact) mass is 320 g/mol. The molecule has 0 aliphatic rings. The highest BCUT2D eigenvalue weighted by molar-refractivity contribution is 5.89. The zero-order valence-corrected chi connectivity index (χ0v) is 14.7. The molecule has 1 aromatic rings. The highest BCUT2D eigenvalue weighted by atomic mass is 16.5. The Kier molecular flexibility index (Phi) is 10.2. The quantitative estimate of drug-likeness (QED) is 0.396. The molecular formula is C20H32O3. The molecule has 0 atom stereocenters. The maximum absolute atomic E-state index is 11.7. The van der Waals surface area contributed by atoms with Crippen LogP contribution in [0.2, 0.25) is 0 Å². The summed E-state index contributed by atoms with van der Waals surface area (Å²) >= 11 is 0. The highest BCUT2D eigenvalue weighted by Crippen LogP contribution is 2.13. The smallest absolute Gasteiger partial charge is 0.338 e. The maximum Gasteiger partial charge on any atom is 0.338 e. The van der Waals surface area contributed by atoms with Gasteiger partial charge in [0, 0.05) is 0 Å². The number of carbonyl (C=O) groups excluding carboxylic acids is 1. The summed E-state index contributed by atoms with van der Waals surface area (Å²) < 4.78 is 5.23. The maximum atomic E-state index is 11.7. The number of ether oxygens (including phenoxy) is 1. The molecule has 0 aliphatic carbocycles. The van der Waals surface area contributed by atoms with E-state index in [0.717, 1.165) is 18.8 Å². The van der Waals surface area contributed by atoms with Crippen molar-refractivity contribution in [1.29, 1.82) is 0 Å². The first kappa shape index (κ1) is 19.5. The first-order valence-electron chi connectivity index (χ1n) is 9.05. The van der Waals surface area contributed by atoms with Crippen LogP contribution < -0.4 is 0 Å². The van der Waals surface area contributed by atoms with Gasteiger partial charge in [0.15, 0.2) is 0 Å². The molecule has 0 fully saturated rings. The van der Waals surface area contributed by atoms with E-state index < -0.39 is 0 Å². The summed E-state index contributed by atoms with van der Waals surface area (Å²) in [5.41, 5.74) is 0.490. The number of aromatic hydroxyl groups is 1. The van der Waals surface area contributed by atoms with E-state index >= 15 is 0 Å². The van der Waals surface area contributed by atoms with Gasteiger partial charge in [-0.25, -0.2) is 4.79 Å². The normalized spacial score (nSPS) is 10.9. The molecular weight excluding hydrogens is 288 g/mol. The number of benzene rings is 1. The van der Waals surface area contributed by atoms with Gasteiger partial charge >= 0.3 is 5.97 Å². The summed E-state index contributed by atoms with van der Waals surface area (Å²) in [4.78, 5) is 11.7. The van der Waals surface area contributed by atoms with Gasteiger partial charge in [-0.1, -0.05) is 65.2 Å². The Morgan fingerprint density at radius 3 is 2.00 bits per heavy atom. The fourth-order valence-corrected chi connectivity index (χ4v) is 2.56. The van der Waals surface area contributed by atoms with Gasteiger partial charge < -0.3 is 9.84 Å². The van der Waals surface area contributed by atoms with E-state index in [1.54, 1.807) is 12.1 Å². The topological polar surface area (TPSA) is 46.5 Å². The summed E-state index contributed by atoms with van der Waals surface area (Å²) in [7, 11) is 0. The Labute approximate surface area is 141 Å². The number of phenolic OH excluding ortho intramolecular Hbond substituents is 1. The van der Waals surface area contributed by atoms with Crippen LogP contribution in [-0.2, 0) is 4.74 Å². The molecule has 0 aliphatic heterocycles. The molecule has 0 saturated heterocycles. The second-order valence-corrected chi connectivity index (χ2v) is 6.69. The van der Waals surface area contributed by atoms with Gasteiger partial charge in [-0.3, -0.25) is 0 Å². The molecule has 1 rings (SSSR count). The Morgan fingerprint density at radius 2 is 1.43 bits per heavy atom. The summed E-state index contributed by atoms with van der Waals surface area (Å²) in [6.07, 6.45) is 11.3. The third kappa shape index (κ3) is 9.98. The third-order valence-electron chi connectivity index (χ3n) is 4.01. The molecule has 23 heavy (non-hydrogen) atoms. The van der Waals surface area contributed by atoms with Gasteiger partial charge in [0.1, 0.15) is 5.75 Å². The molecule has 3 heteroatoms. The second kappa shape index (κ2) is 12.0. The van der Waals surface area contributed by atoms with Crippen molar-refractivity contribution < 1.29 is 14.6 Å².